The monoisotopic (exact) mass is 279 g/mol. The fourth-order valence-corrected chi connectivity index (χ4v) is 1.65. The minimum atomic E-state index is -1.34. The van der Waals surface area contributed by atoms with Gasteiger partial charge < -0.3 is 15.1 Å². The van der Waals surface area contributed by atoms with E-state index >= 15 is 0 Å². The van der Waals surface area contributed by atoms with Gasteiger partial charge in [-0.1, -0.05) is 0 Å². The Hall–Kier alpha value is -2.90. The van der Waals surface area contributed by atoms with Crippen LogP contribution in [0.4, 0.5) is 0 Å². The number of carboxylic acids is 1. The second kappa shape index (κ2) is 5.00. The quantitative estimate of drug-likeness (QED) is 0.763. The highest BCUT2D eigenvalue weighted by Gasteiger charge is 2.33. The Kier molecular flexibility index (Phi) is 3.38. The fraction of sp³-hybridized carbons (Fsp3) is 0.167. The molecule has 1 aliphatic heterocycles. The van der Waals surface area contributed by atoms with Crippen LogP contribution < -0.4 is 0 Å². The molecule has 0 spiro atoms. The van der Waals surface area contributed by atoms with Gasteiger partial charge in [-0.15, -0.1) is 5.06 Å². The summed E-state index contributed by atoms with van der Waals surface area (Å²) in [6.45, 7) is 0. The largest absolute Gasteiger partial charge is 0.508 e. The van der Waals surface area contributed by atoms with Crippen LogP contribution in [0, 0.1) is 0 Å². The molecule has 8 nitrogen and oxygen atoms in total. The van der Waals surface area contributed by atoms with Crippen LogP contribution in [0.2, 0.25) is 0 Å². The van der Waals surface area contributed by atoms with Crippen molar-refractivity contribution in [3.63, 3.8) is 0 Å². The highest BCUT2D eigenvalue weighted by atomic mass is 16.7. The van der Waals surface area contributed by atoms with Gasteiger partial charge in [-0.2, -0.15) is 0 Å². The first kappa shape index (κ1) is 13.5. The van der Waals surface area contributed by atoms with E-state index in [9.17, 15) is 24.3 Å². The van der Waals surface area contributed by atoms with Crippen LogP contribution in [0.1, 0.15) is 33.6 Å². The maximum absolute atomic E-state index is 11.7. The van der Waals surface area contributed by atoms with Gasteiger partial charge in [0.15, 0.2) is 0 Å². The van der Waals surface area contributed by atoms with Gasteiger partial charge in [0, 0.05) is 12.8 Å². The van der Waals surface area contributed by atoms with E-state index in [0.29, 0.717) is 5.06 Å². The molecule has 1 saturated heterocycles. The number of phenols is 1. The summed E-state index contributed by atoms with van der Waals surface area (Å²) in [6, 6.07) is 2.89. The number of hydroxylamine groups is 2. The molecule has 2 amide bonds. The standard InChI is InChI=1S/C12H9NO7/c14-8-4-6(11(17)18)3-7(5-8)12(19)20-13-9(15)1-2-10(13)16/h3-5,14H,1-2H2,(H,17,18). The number of carbonyl (C=O) groups is 4. The van der Waals surface area contributed by atoms with E-state index in [1.165, 1.54) is 0 Å². The summed E-state index contributed by atoms with van der Waals surface area (Å²) in [5.74, 6) is -4.20. The zero-order valence-electron chi connectivity index (χ0n) is 10.0. The molecule has 1 aromatic rings. The topological polar surface area (TPSA) is 121 Å². The van der Waals surface area contributed by atoms with Crippen LogP contribution in [-0.4, -0.2) is 39.0 Å². The van der Waals surface area contributed by atoms with Crippen molar-refractivity contribution in [1.29, 1.82) is 0 Å². The number of hydrogen-bond donors (Lipinski definition) is 2. The molecule has 2 rings (SSSR count). The lowest BCUT2D eigenvalue weighted by molar-refractivity contribution is -0.172. The second-order valence-electron chi connectivity index (χ2n) is 4.03. The highest BCUT2D eigenvalue weighted by Crippen LogP contribution is 2.19. The van der Waals surface area contributed by atoms with Gasteiger partial charge in [-0.3, -0.25) is 9.59 Å². The third kappa shape index (κ3) is 2.58. The maximum Gasteiger partial charge on any atom is 0.364 e. The fourth-order valence-electron chi connectivity index (χ4n) is 1.65. The Morgan fingerprint density at radius 2 is 1.60 bits per heavy atom. The molecular weight excluding hydrogens is 270 g/mol. The predicted octanol–water partition coefficient (Wildman–Crippen LogP) is 0.311. The van der Waals surface area contributed by atoms with Crippen molar-refractivity contribution in [2.24, 2.45) is 0 Å². The number of carbonyl (C=O) groups excluding carboxylic acids is 3. The molecule has 1 aromatic carbocycles. The number of rotatable bonds is 3. The van der Waals surface area contributed by atoms with Crippen LogP contribution in [0.25, 0.3) is 0 Å². The van der Waals surface area contributed by atoms with Crippen molar-refractivity contribution in [1.82, 2.24) is 5.06 Å². The molecule has 1 fully saturated rings. The van der Waals surface area contributed by atoms with Crippen molar-refractivity contribution in [3.8, 4) is 5.75 Å². The number of benzene rings is 1. The number of carboxylic acid groups (broad SMARTS) is 1. The first-order valence-corrected chi connectivity index (χ1v) is 5.54. The summed E-state index contributed by atoms with van der Waals surface area (Å²) < 4.78 is 0. The lowest BCUT2D eigenvalue weighted by Crippen LogP contribution is -2.32. The highest BCUT2D eigenvalue weighted by molar-refractivity contribution is 6.03. The molecule has 1 heterocycles. The van der Waals surface area contributed by atoms with Crippen LogP contribution in [0.3, 0.4) is 0 Å². The molecule has 0 unspecified atom stereocenters. The number of nitrogens with zero attached hydrogens (tertiary/aromatic N) is 1. The normalized spacial score (nSPS) is 14.5. The number of amides is 2. The predicted molar refractivity (Wildman–Crippen MR) is 61.6 cm³/mol. The summed E-state index contributed by atoms with van der Waals surface area (Å²) in [5.41, 5.74) is -0.606. The van der Waals surface area contributed by atoms with Gasteiger partial charge in [-0.05, 0) is 18.2 Å². The van der Waals surface area contributed by atoms with E-state index in [1.807, 2.05) is 0 Å². The first-order chi connectivity index (χ1) is 9.38. The molecule has 104 valence electrons. The zero-order valence-corrected chi connectivity index (χ0v) is 10.0. The van der Waals surface area contributed by atoms with Crippen LogP contribution in [-0.2, 0) is 14.4 Å². The molecule has 0 aliphatic carbocycles. The van der Waals surface area contributed by atoms with Gasteiger partial charge >= 0.3 is 11.9 Å². The summed E-state index contributed by atoms with van der Waals surface area (Å²) in [4.78, 5) is 49.7. The van der Waals surface area contributed by atoms with Gasteiger partial charge in [-0.25, -0.2) is 9.59 Å². The Labute approximate surface area is 112 Å². The average Bonchev–Trinajstić information content (AvgIpc) is 2.69. The van der Waals surface area contributed by atoms with E-state index in [-0.39, 0.29) is 24.0 Å². The first-order valence-electron chi connectivity index (χ1n) is 5.54. The molecule has 0 radical (unpaired) electrons. The molecule has 20 heavy (non-hydrogen) atoms. The minimum absolute atomic E-state index is 0.0491. The third-order valence-electron chi connectivity index (χ3n) is 2.58. The Morgan fingerprint density at radius 3 is 2.15 bits per heavy atom. The summed E-state index contributed by atoms with van der Waals surface area (Å²) in [7, 11) is 0. The molecule has 0 aromatic heterocycles. The zero-order chi connectivity index (χ0) is 14.9. The van der Waals surface area contributed by atoms with Crippen molar-refractivity contribution < 1.29 is 34.2 Å². The molecule has 2 N–H and O–H groups in total. The molecule has 1 aliphatic rings. The van der Waals surface area contributed by atoms with E-state index in [0.717, 1.165) is 18.2 Å². The Morgan fingerprint density at radius 1 is 1.05 bits per heavy atom. The smallest absolute Gasteiger partial charge is 0.364 e. The van der Waals surface area contributed by atoms with Crippen molar-refractivity contribution in [3.05, 3.63) is 29.3 Å². The molecule has 0 saturated carbocycles. The van der Waals surface area contributed by atoms with Gasteiger partial charge in [0.1, 0.15) is 5.75 Å². The van der Waals surface area contributed by atoms with Crippen molar-refractivity contribution >= 4 is 23.8 Å². The number of phenolic OH excluding ortho intramolecular Hbond substituents is 1. The molecule has 0 bridgehead atoms. The average molecular weight is 279 g/mol. The van der Waals surface area contributed by atoms with Crippen LogP contribution >= 0.6 is 0 Å². The van der Waals surface area contributed by atoms with Gasteiger partial charge in [0.05, 0.1) is 11.1 Å². The lowest BCUT2D eigenvalue weighted by atomic mass is 10.1. The number of hydrogen-bond acceptors (Lipinski definition) is 6. The minimum Gasteiger partial charge on any atom is -0.508 e. The van der Waals surface area contributed by atoms with Gasteiger partial charge in [0.25, 0.3) is 11.8 Å². The summed E-state index contributed by atoms with van der Waals surface area (Å²) >= 11 is 0. The second-order valence-corrected chi connectivity index (χ2v) is 4.03. The molecular formula is C12H9NO7. The Bertz CT molecular complexity index is 606. The summed E-state index contributed by atoms with van der Waals surface area (Å²) in [6.07, 6.45) is -0.0982. The van der Waals surface area contributed by atoms with Gasteiger partial charge in [0.2, 0.25) is 0 Å². The van der Waals surface area contributed by atoms with Crippen molar-refractivity contribution in [2.45, 2.75) is 12.8 Å². The van der Waals surface area contributed by atoms with E-state index in [4.69, 9.17) is 5.11 Å². The van der Waals surface area contributed by atoms with Crippen LogP contribution in [0.5, 0.6) is 5.75 Å². The lowest BCUT2D eigenvalue weighted by Gasteiger charge is -2.12. The number of aromatic hydroxyl groups is 1. The van der Waals surface area contributed by atoms with E-state index in [1.54, 1.807) is 0 Å². The Balaban J connectivity index is 2.23. The third-order valence-corrected chi connectivity index (χ3v) is 2.58. The van der Waals surface area contributed by atoms with Crippen LogP contribution in [0.15, 0.2) is 18.2 Å². The van der Waals surface area contributed by atoms with E-state index in [2.05, 4.69) is 4.84 Å². The number of aromatic carboxylic acids is 1. The maximum atomic E-state index is 11.7. The summed E-state index contributed by atoms with van der Waals surface area (Å²) in [5, 5.41) is 18.5. The van der Waals surface area contributed by atoms with Crippen molar-refractivity contribution in [2.75, 3.05) is 0 Å². The van der Waals surface area contributed by atoms with E-state index < -0.39 is 29.5 Å². The molecule has 0 atom stereocenters. The SMILES string of the molecule is O=C(O)c1cc(O)cc(C(=O)ON2C(=O)CCC2=O)c1. The number of imide groups is 1. The molecule has 8 heteroatoms.